The summed E-state index contributed by atoms with van der Waals surface area (Å²) in [5, 5.41) is 7.52. The molecule has 2 N–H and O–H groups in total. The Bertz CT molecular complexity index is 254. The van der Waals surface area contributed by atoms with E-state index in [1.54, 1.807) is 7.11 Å². The van der Waals surface area contributed by atoms with Crippen molar-refractivity contribution in [3.05, 3.63) is 0 Å². The molecule has 5 heteroatoms. The Morgan fingerprint density at radius 1 is 1.41 bits per heavy atom. The van der Waals surface area contributed by atoms with Crippen LogP contribution in [0.2, 0.25) is 0 Å². The first-order valence-electron chi connectivity index (χ1n) is 6.55. The Hall–Kier alpha value is -0.390. The van der Waals surface area contributed by atoms with E-state index in [0.29, 0.717) is 6.04 Å². The molecule has 0 aromatic heterocycles. The molecular formula is C12H23N3OS. The Morgan fingerprint density at radius 2 is 2.18 bits per heavy atom. The van der Waals surface area contributed by atoms with E-state index in [1.807, 2.05) is 0 Å². The number of fused-ring (bicyclic) bond motifs is 3. The van der Waals surface area contributed by atoms with E-state index in [9.17, 15) is 0 Å². The Balaban J connectivity index is 1.65. The van der Waals surface area contributed by atoms with Crippen LogP contribution in [0.4, 0.5) is 0 Å². The summed E-state index contributed by atoms with van der Waals surface area (Å²) in [6.07, 6.45) is 3.65. The lowest BCUT2D eigenvalue weighted by Crippen LogP contribution is -2.58. The SMILES string of the molecule is COCCCNC(=S)NC1CN2CCC1CC2. The molecule has 0 aliphatic carbocycles. The molecule has 0 spiro atoms. The van der Waals surface area contributed by atoms with Crippen LogP contribution in [-0.2, 0) is 4.74 Å². The van der Waals surface area contributed by atoms with Crippen molar-refractivity contribution < 1.29 is 4.74 Å². The first-order valence-corrected chi connectivity index (χ1v) is 6.96. The smallest absolute Gasteiger partial charge is 0.166 e. The second-order valence-electron chi connectivity index (χ2n) is 4.99. The van der Waals surface area contributed by atoms with Crippen LogP contribution in [0.1, 0.15) is 19.3 Å². The maximum atomic E-state index is 5.32. The summed E-state index contributed by atoms with van der Waals surface area (Å²) < 4.78 is 5.00. The molecule has 4 nitrogen and oxygen atoms in total. The lowest BCUT2D eigenvalue weighted by atomic mass is 9.84. The van der Waals surface area contributed by atoms with Gasteiger partial charge in [-0.05, 0) is 50.5 Å². The molecular weight excluding hydrogens is 234 g/mol. The highest BCUT2D eigenvalue weighted by Crippen LogP contribution is 2.27. The van der Waals surface area contributed by atoms with Gasteiger partial charge in [-0.1, -0.05) is 0 Å². The molecule has 3 heterocycles. The topological polar surface area (TPSA) is 36.5 Å². The fraction of sp³-hybridized carbons (Fsp3) is 0.917. The average molecular weight is 257 g/mol. The van der Waals surface area contributed by atoms with E-state index in [1.165, 1.54) is 25.9 Å². The number of nitrogens with one attached hydrogen (secondary N) is 2. The normalized spacial score (nSPS) is 31.2. The number of methoxy groups -OCH3 is 1. The predicted octanol–water partition coefficient (Wildman–Crippen LogP) is 0.581. The van der Waals surface area contributed by atoms with E-state index >= 15 is 0 Å². The van der Waals surface area contributed by atoms with E-state index in [0.717, 1.165) is 37.1 Å². The molecule has 0 saturated carbocycles. The van der Waals surface area contributed by atoms with E-state index in [4.69, 9.17) is 17.0 Å². The Morgan fingerprint density at radius 3 is 2.76 bits per heavy atom. The van der Waals surface area contributed by atoms with Gasteiger partial charge in [-0.2, -0.15) is 0 Å². The zero-order valence-corrected chi connectivity index (χ0v) is 11.4. The minimum atomic E-state index is 0.555. The first-order chi connectivity index (χ1) is 8.29. The molecule has 98 valence electrons. The van der Waals surface area contributed by atoms with E-state index in [2.05, 4.69) is 15.5 Å². The second-order valence-corrected chi connectivity index (χ2v) is 5.40. The molecule has 3 rings (SSSR count). The zero-order valence-electron chi connectivity index (χ0n) is 10.6. The van der Waals surface area contributed by atoms with Gasteiger partial charge in [0.15, 0.2) is 5.11 Å². The fourth-order valence-corrected chi connectivity index (χ4v) is 3.02. The second kappa shape index (κ2) is 6.52. The van der Waals surface area contributed by atoms with Crippen molar-refractivity contribution in [3.63, 3.8) is 0 Å². The summed E-state index contributed by atoms with van der Waals surface area (Å²) in [6.45, 7) is 5.38. The highest BCUT2D eigenvalue weighted by Gasteiger charge is 2.34. The van der Waals surface area contributed by atoms with Crippen LogP contribution in [-0.4, -0.2) is 55.9 Å². The van der Waals surface area contributed by atoms with Crippen LogP contribution in [0.5, 0.6) is 0 Å². The molecule has 0 aromatic carbocycles. The molecule has 2 bridgehead atoms. The lowest BCUT2D eigenvalue weighted by Gasteiger charge is -2.45. The minimum Gasteiger partial charge on any atom is -0.385 e. The highest BCUT2D eigenvalue weighted by molar-refractivity contribution is 7.80. The molecule has 0 amide bonds. The van der Waals surface area contributed by atoms with Gasteiger partial charge in [0.25, 0.3) is 0 Å². The molecule has 0 radical (unpaired) electrons. The van der Waals surface area contributed by atoms with Gasteiger partial charge in [0, 0.05) is 32.8 Å². The highest BCUT2D eigenvalue weighted by atomic mass is 32.1. The summed E-state index contributed by atoms with van der Waals surface area (Å²) in [7, 11) is 1.73. The summed E-state index contributed by atoms with van der Waals surface area (Å²) in [4.78, 5) is 2.53. The number of nitrogens with zero attached hydrogens (tertiary/aromatic N) is 1. The largest absolute Gasteiger partial charge is 0.385 e. The van der Waals surface area contributed by atoms with Gasteiger partial charge in [0.05, 0.1) is 0 Å². The average Bonchev–Trinajstić information content (AvgIpc) is 2.36. The molecule has 3 aliphatic rings. The van der Waals surface area contributed by atoms with Gasteiger partial charge >= 0.3 is 0 Å². The van der Waals surface area contributed by atoms with Gasteiger partial charge in [-0.15, -0.1) is 0 Å². The van der Waals surface area contributed by atoms with Crippen LogP contribution in [0.15, 0.2) is 0 Å². The Labute approximate surface area is 109 Å². The number of rotatable bonds is 5. The quantitative estimate of drug-likeness (QED) is 0.557. The van der Waals surface area contributed by atoms with Crippen molar-refractivity contribution in [1.82, 2.24) is 15.5 Å². The number of ether oxygens (including phenoxy) is 1. The van der Waals surface area contributed by atoms with Gasteiger partial charge in [0.1, 0.15) is 0 Å². The summed E-state index contributed by atoms with van der Waals surface area (Å²) in [5.74, 6) is 0.818. The van der Waals surface area contributed by atoms with Crippen LogP contribution in [0.25, 0.3) is 0 Å². The van der Waals surface area contributed by atoms with Gasteiger partial charge in [-0.3, -0.25) is 0 Å². The number of thiocarbonyl (C=S) groups is 1. The Kier molecular flexibility index (Phi) is 5.00. The molecule has 0 aromatic rings. The third-order valence-corrected chi connectivity index (χ3v) is 4.05. The predicted molar refractivity (Wildman–Crippen MR) is 73.2 cm³/mol. The maximum absolute atomic E-state index is 5.32. The van der Waals surface area contributed by atoms with E-state index in [-0.39, 0.29) is 0 Å². The molecule has 3 saturated heterocycles. The molecule has 17 heavy (non-hydrogen) atoms. The minimum absolute atomic E-state index is 0.555. The summed E-state index contributed by atoms with van der Waals surface area (Å²) in [6, 6.07) is 0.555. The van der Waals surface area contributed by atoms with Crippen LogP contribution < -0.4 is 10.6 Å². The van der Waals surface area contributed by atoms with Crippen molar-refractivity contribution >= 4 is 17.3 Å². The summed E-state index contributed by atoms with van der Waals surface area (Å²) in [5.41, 5.74) is 0. The standard InChI is InChI=1S/C12H23N3OS/c1-16-8-2-5-13-12(17)14-11-9-15-6-3-10(11)4-7-15/h10-11H,2-9H2,1H3,(H2,13,14,17). The van der Waals surface area contributed by atoms with Crippen molar-refractivity contribution in [2.75, 3.05) is 39.9 Å². The molecule has 3 fully saturated rings. The number of hydrogen-bond donors (Lipinski definition) is 2. The molecule has 1 unspecified atom stereocenters. The van der Waals surface area contributed by atoms with Crippen molar-refractivity contribution in [1.29, 1.82) is 0 Å². The summed E-state index contributed by atoms with van der Waals surface area (Å²) >= 11 is 5.32. The van der Waals surface area contributed by atoms with Crippen LogP contribution >= 0.6 is 12.2 Å². The molecule has 3 aliphatic heterocycles. The van der Waals surface area contributed by atoms with Crippen LogP contribution in [0, 0.1) is 5.92 Å². The third-order valence-electron chi connectivity index (χ3n) is 3.78. The van der Waals surface area contributed by atoms with Gasteiger partial charge in [0.2, 0.25) is 0 Å². The third kappa shape index (κ3) is 3.79. The van der Waals surface area contributed by atoms with Gasteiger partial charge < -0.3 is 20.3 Å². The van der Waals surface area contributed by atoms with Crippen molar-refractivity contribution in [3.8, 4) is 0 Å². The fourth-order valence-electron chi connectivity index (χ4n) is 2.77. The maximum Gasteiger partial charge on any atom is 0.166 e. The van der Waals surface area contributed by atoms with Gasteiger partial charge in [-0.25, -0.2) is 0 Å². The zero-order chi connectivity index (χ0) is 12.1. The lowest BCUT2D eigenvalue weighted by molar-refractivity contribution is 0.0811. The van der Waals surface area contributed by atoms with Crippen molar-refractivity contribution in [2.24, 2.45) is 5.92 Å². The van der Waals surface area contributed by atoms with Crippen LogP contribution in [0.3, 0.4) is 0 Å². The van der Waals surface area contributed by atoms with Crippen molar-refractivity contribution in [2.45, 2.75) is 25.3 Å². The number of piperidine rings is 3. The van der Waals surface area contributed by atoms with E-state index < -0.39 is 0 Å². The monoisotopic (exact) mass is 257 g/mol. The number of hydrogen-bond acceptors (Lipinski definition) is 3. The molecule has 1 atom stereocenters. The first kappa shape index (κ1) is 13.1.